The molecule has 3 rings (SSSR count). The van der Waals surface area contributed by atoms with Gasteiger partial charge in [-0.15, -0.1) is 11.3 Å². The summed E-state index contributed by atoms with van der Waals surface area (Å²) < 4.78 is 0. The minimum Gasteiger partial charge on any atom is -0.356 e. The maximum Gasteiger partial charge on any atom is 0.193 e. The van der Waals surface area contributed by atoms with Crippen LogP contribution in [0.1, 0.15) is 41.3 Å². The number of fused-ring (bicyclic) bond motifs is 1. The Hall–Kier alpha value is -0.750. The summed E-state index contributed by atoms with van der Waals surface area (Å²) in [5.74, 6) is 4.42. The normalized spacial score (nSPS) is 19.5. The first-order valence-corrected chi connectivity index (χ1v) is 10.7. The van der Waals surface area contributed by atoms with Crippen LogP contribution in [0.15, 0.2) is 4.99 Å². The highest BCUT2D eigenvalue weighted by atomic mass is 32.2. The molecule has 1 N–H and O–H groups in total. The van der Waals surface area contributed by atoms with E-state index in [4.69, 9.17) is 4.98 Å². The number of guanidine groups is 1. The molecular formula is C17H28N4S2. The highest BCUT2D eigenvalue weighted by molar-refractivity contribution is 7.99. The number of rotatable bonds is 4. The zero-order chi connectivity index (χ0) is 16.1. The molecule has 0 amide bonds. The monoisotopic (exact) mass is 352 g/mol. The van der Waals surface area contributed by atoms with Crippen LogP contribution in [0, 0.1) is 5.92 Å². The van der Waals surface area contributed by atoms with Crippen molar-refractivity contribution < 1.29 is 0 Å². The van der Waals surface area contributed by atoms with Crippen LogP contribution in [0.4, 0.5) is 0 Å². The third kappa shape index (κ3) is 4.63. The Balaban J connectivity index is 1.52. The molecule has 2 heterocycles. The standard InChI is InChI=1S/C17H28N4S2/c1-18-17(19-11-13-7-9-22-10-8-13)21(2)12-16-20-14-5-3-4-6-15(14)23-16/h13H,3-12H2,1-2H3,(H,18,19). The summed E-state index contributed by atoms with van der Waals surface area (Å²) in [4.78, 5) is 13.0. The van der Waals surface area contributed by atoms with E-state index in [1.165, 1.54) is 65.6 Å². The number of aryl methyl sites for hydroxylation is 2. The number of nitrogens with one attached hydrogen (secondary N) is 1. The van der Waals surface area contributed by atoms with Gasteiger partial charge >= 0.3 is 0 Å². The lowest BCUT2D eigenvalue weighted by Gasteiger charge is -2.26. The van der Waals surface area contributed by atoms with Crippen molar-refractivity contribution in [2.75, 3.05) is 32.1 Å². The van der Waals surface area contributed by atoms with E-state index in [1.807, 2.05) is 18.4 Å². The lowest BCUT2D eigenvalue weighted by atomic mass is 10.0. The number of aromatic nitrogens is 1. The van der Waals surface area contributed by atoms with Gasteiger partial charge in [-0.25, -0.2) is 4.98 Å². The molecule has 0 saturated carbocycles. The van der Waals surface area contributed by atoms with E-state index in [0.29, 0.717) is 0 Å². The summed E-state index contributed by atoms with van der Waals surface area (Å²) in [6.07, 6.45) is 7.68. The van der Waals surface area contributed by atoms with Crippen molar-refractivity contribution >= 4 is 29.1 Å². The van der Waals surface area contributed by atoms with E-state index in [2.05, 4.69) is 34.0 Å². The fourth-order valence-electron chi connectivity index (χ4n) is 3.32. The average molecular weight is 353 g/mol. The second-order valence-corrected chi connectivity index (χ2v) is 8.92. The molecule has 1 aromatic heterocycles. The second kappa shape index (κ2) is 8.38. The van der Waals surface area contributed by atoms with Gasteiger partial charge in [0, 0.05) is 25.5 Å². The largest absolute Gasteiger partial charge is 0.356 e. The Morgan fingerprint density at radius 2 is 2.09 bits per heavy atom. The molecule has 6 heteroatoms. The van der Waals surface area contributed by atoms with Crippen LogP contribution in [0.25, 0.3) is 0 Å². The van der Waals surface area contributed by atoms with E-state index in [-0.39, 0.29) is 0 Å². The topological polar surface area (TPSA) is 40.5 Å². The quantitative estimate of drug-likeness (QED) is 0.667. The van der Waals surface area contributed by atoms with E-state index in [9.17, 15) is 0 Å². The van der Waals surface area contributed by atoms with Gasteiger partial charge in [-0.05, 0) is 55.9 Å². The zero-order valence-electron chi connectivity index (χ0n) is 14.3. The Kier molecular flexibility index (Phi) is 6.22. The number of hydrogen-bond donors (Lipinski definition) is 1. The van der Waals surface area contributed by atoms with Gasteiger partial charge in [0.2, 0.25) is 0 Å². The summed E-state index contributed by atoms with van der Waals surface area (Å²) in [6, 6.07) is 0. The summed E-state index contributed by atoms with van der Waals surface area (Å²) in [5, 5.41) is 4.80. The highest BCUT2D eigenvalue weighted by Gasteiger charge is 2.18. The number of thioether (sulfide) groups is 1. The summed E-state index contributed by atoms with van der Waals surface area (Å²) in [6.45, 7) is 1.91. The van der Waals surface area contributed by atoms with Gasteiger partial charge in [0.25, 0.3) is 0 Å². The lowest BCUT2D eigenvalue weighted by Crippen LogP contribution is -2.41. The first-order chi connectivity index (χ1) is 11.3. The maximum absolute atomic E-state index is 4.85. The van der Waals surface area contributed by atoms with Gasteiger partial charge in [-0.1, -0.05) is 0 Å². The first kappa shape index (κ1) is 17.1. The summed E-state index contributed by atoms with van der Waals surface area (Å²) in [7, 11) is 3.99. The Labute approximate surface area is 148 Å². The van der Waals surface area contributed by atoms with Crippen molar-refractivity contribution in [3.63, 3.8) is 0 Å². The molecule has 0 atom stereocenters. The molecule has 1 saturated heterocycles. The summed E-state index contributed by atoms with van der Waals surface area (Å²) in [5.41, 5.74) is 1.35. The van der Waals surface area contributed by atoms with Crippen LogP contribution in [0.5, 0.6) is 0 Å². The highest BCUT2D eigenvalue weighted by Crippen LogP contribution is 2.27. The molecule has 0 unspecified atom stereocenters. The van der Waals surface area contributed by atoms with Crippen molar-refractivity contribution in [2.45, 2.75) is 45.1 Å². The van der Waals surface area contributed by atoms with Crippen molar-refractivity contribution in [1.29, 1.82) is 0 Å². The molecule has 2 aliphatic rings. The van der Waals surface area contributed by atoms with Gasteiger partial charge in [0.1, 0.15) is 5.01 Å². The van der Waals surface area contributed by atoms with Crippen molar-refractivity contribution in [2.24, 2.45) is 10.9 Å². The number of aliphatic imine (C=N–C) groups is 1. The molecule has 1 fully saturated rings. The minimum atomic E-state index is 0.800. The van der Waals surface area contributed by atoms with E-state index in [1.54, 1.807) is 0 Å². The molecule has 1 aliphatic carbocycles. The van der Waals surface area contributed by atoms with Crippen LogP contribution in [-0.4, -0.2) is 48.0 Å². The van der Waals surface area contributed by atoms with Crippen molar-refractivity contribution in [3.05, 3.63) is 15.6 Å². The predicted octanol–water partition coefficient (Wildman–Crippen LogP) is 3.17. The SMILES string of the molecule is CN=C(NCC1CCSCC1)N(C)Cc1nc2c(s1)CCCC2. The second-order valence-electron chi connectivity index (χ2n) is 6.52. The van der Waals surface area contributed by atoms with Gasteiger partial charge in [0.15, 0.2) is 5.96 Å². The first-order valence-electron chi connectivity index (χ1n) is 8.73. The molecule has 128 valence electrons. The molecule has 0 bridgehead atoms. The Bertz CT molecular complexity index is 511. The Morgan fingerprint density at radius 1 is 1.30 bits per heavy atom. The number of hydrogen-bond acceptors (Lipinski definition) is 4. The fraction of sp³-hybridized carbons (Fsp3) is 0.765. The average Bonchev–Trinajstić information content (AvgIpc) is 2.98. The minimum absolute atomic E-state index is 0.800. The van der Waals surface area contributed by atoms with Crippen LogP contribution >= 0.6 is 23.1 Å². The molecule has 1 aliphatic heterocycles. The number of nitrogens with zero attached hydrogens (tertiary/aromatic N) is 3. The number of thiazole rings is 1. The van der Waals surface area contributed by atoms with E-state index >= 15 is 0 Å². The van der Waals surface area contributed by atoms with Crippen LogP contribution in [-0.2, 0) is 19.4 Å². The van der Waals surface area contributed by atoms with Gasteiger partial charge in [-0.2, -0.15) is 11.8 Å². The molecule has 0 aromatic carbocycles. The van der Waals surface area contributed by atoms with Gasteiger partial charge < -0.3 is 10.2 Å². The van der Waals surface area contributed by atoms with E-state index in [0.717, 1.165) is 25.0 Å². The predicted molar refractivity (Wildman–Crippen MR) is 102 cm³/mol. The van der Waals surface area contributed by atoms with Crippen molar-refractivity contribution in [3.8, 4) is 0 Å². The molecule has 23 heavy (non-hydrogen) atoms. The van der Waals surface area contributed by atoms with Crippen LogP contribution < -0.4 is 5.32 Å². The zero-order valence-corrected chi connectivity index (χ0v) is 15.9. The third-order valence-electron chi connectivity index (χ3n) is 4.73. The third-order valence-corrected chi connectivity index (χ3v) is 6.92. The fourth-order valence-corrected chi connectivity index (χ4v) is 5.74. The van der Waals surface area contributed by atoms with E-state index < -0.39 is 0 Å². The molecule has 0 radical (unpaired) electrons. The smallest absolute Gasteiger partial charge is 0.193 e. The molecule has 4 nitrogen and oxygen atoms in total. The van der Waals surface area contributed by atoms with Crippen LogP contribution in [0.3, 0.4) is 0 Å². The maximum atomic E-state index is 4.85. The Morgan fingerprint density at radius 3 is 2.83 bits per heavy atom. The van der Waals surface area contributed by atoms with Crippen molar-refractivity contribution in [1.82, 2.24) is 15.2 Å². The molecule has 1 aromatic rings. The van der Waals surface area contributed by atoms with Gasteiger partial charge in [-0.3, -0.25) is 4.99 Å². The molecular weight excluding hydrogens is 324 g/mol. The molecule has 0 spiro atoms. The lowest BCUT2D eigenvalue weighted by molar-refractivity contribution is 0.439. The van der Waals surface area contributed by atoms with Gasteiger partial charge in [0.05, 0.1) is 12.2 Å². The summed E-state index contributed by atoms with van der Waals surface area (Å²) >= 11 is 3.98. The van der Waals surface area contributed by atoms with Crippen LogP contribution in [0.2, 0.25) is 0 Å².